The predicted octanol–water partition coefficient (Wildman–Crippen LogP) is 3.43. The largest absolute Gasteiger partial charge is 0.495 e. The second-order valence-corrected chi connectivity index (χ2v) is 5.72. The SMILES string of the molecule is COc1ccc(C(=O)CNCCc2cccs2)cc1Cl. The van der Waals surface area contributed by atoms with Crippen molar-refractivity contribution in [1.29, 1.82) is 0 Å². The Kier molecular flexibility index (Phi) is 5.59. The number of ether oxygens (including phenoxy) is 1. The van der Waals surface area contributed by atoms with Crippen molar-refractivity contribution in [2.45, 2.75) is 6.42 Å². The number of Topliss-reactive ketones (excluding diaryl/α,β-unsaturated/α-hetero) is 1. The van der Waals surface area contributed by atoms with Gasteiger partial charge in [-0.3, -0.25) is 4.79 Å². The van der Waals surface area contributed by atoms with Gasteiger partial charge < -0.3 is 10.1 Å². The fourth-order valence-electron chi connectivity index (χ4n) is 1.81. The van der Waals surface area contributed by atoms with Gasteiger partial charge >= 0.3 is 0 Å². The van der Waals surface area contributed by atoms with Crippen molar-refractivity contribution in [3.8, 4) is 5.75 Å². The number of nitrogens with one attached hydrogen (secondary N) is 1. The van der Waals surface area contributed by atoms with Crippen LogP contribution in [-0.4, -0.2) is 26.0 Å². The third kappa shape index (κ3) is 4.07. The van der Waals surface area contributed by atoms with E-state index in [0.29, 0.717) is 22.9 Å². The van der Waals surface area contributed by atoms with E-state index in [0.717, 1.165) is 13.0 Å². The molecule has 3 nitrogen and oxygen atoms in total. The molecule has 1 heterocycles. The summed E-state index contributed by atoms with van der Waals surface area (Å²) >= 11 is 7.73. The molecule has 0 fully saturated rings. The second kappa shape index (κ2) is 7.43. The van der Waals surface area contributed by atoms with Gasteiger partial charge in [0.2, 0.25) is 0 Å². The summed E-state index contributed by atoms with van der Waals surface area (Å²) in [6.07, 6.45) is 0.939. The predicted molar refractivity (Wildman–Crippen MR) is 83.2 cm³/mol. The van der Waals surface area contributed by atoms with Crippen LogP contribution in [0.15, 0.2) is 35.7 Å². The fraction of sp³-hybridized carbons (Fsp3) is 0.267. The first-order valence-corrected chi connectivity index (χ1v) is 7.56. The molecule has 0 saturated carbocycles. The average molecular weight is 310 g/mol. The summed E-state index contributed by atoms with van der Waals surface area (Å²) in [7, 11) is 1.55. The highest BCUT2D eigenvalue weighted by Gasteiger charge is 2.08. The Balaban J connectivity index is 1.81. The third-order valence-corrected chi connectivity index (χ3v) is 4.12. The van der Waals surface area contributed by atoms with Gasteiger partial charge in [-0.25, -0.2) is 0 Å². The molecule has 0 unspecified atom stereocenters. The summed E-state index contributed by atoms with van der Waals surface area (Å²) < 4.78 is 5.06. The molecule has 0 spiro atoms. The number of carbonyl (C=O) groups is 1. The zero-order valence-electron chi connectivity index (χ0n) is 11.2. The first kappa shape index (κ1) is 15.0. The Morgan fingerprint density at radius 3 is 2.90 bits per heavy atom. The molecule has 0 amide bonds. The summed E-state index contributed by atoms with van der Waals surface area (Å²) in [6, 6.07) is 9.21. The lowest BCUT2D eigenvalue weighted by molar-refractivity contribution is 0.0991. The highest BCUT2D eigenvalue weighted by atomic mass is 35.5. The number of benzene rings is 1. The normalized spacial score (nSPS) is 10.5. The van der Waals surface area contributed by atoms with Crippen molar-refractivity contribution in [3.63, 3.8) is 0 Å². The minimum atomic E-state index is 0.0285. The minimum Gasteiger partial charge on any atom is -0.495 e. The second-order valence-electron chi connectivity index (χ2n) is 4.28. The highest BCUT2D eigenvalue weighted by molar-refractivity contribution is 7.09. The van der Waals surface area contributed by atoms with Crippen molar-refractivity contribution in [3.05, 3.63) is 51.2 Å². The molecular formula is C15H16ClNO2S. The Morgan fingerprint density at radius 1 is 1.40 bits per heavy atom. The molecule has 1 aromatic heterocycles. The van der Waals surface area contributed by atoms with Crippen LogP contribution >= 0.6 is 22.9 Å². The molecule has 0 atom stereocenters. The monoisotopic (exact) mass is 309 g/mol. The molecular weight excluding hydrogens is 294 g/mol. The maximum absolute atomic E-state index is 12.0. The van der Waals surface area contributed by atoms with Gasteiger partial charge in [0, 0.05) is 17.0 Å². The summed E-state index contributed by atoms with van der Waals surface area (Å²) in [4.78, 5) is 13.3. The molecule has 0 aliphatic carbocycles. The van der Waals surface area contributed by atoms with Gasteiger partial charge in [-0.15, -0.1) is 11.3 Å². The number of ketones is 1. The molecule has 0 bridgehead atoms. The number of carbonyl (C=O) groups excluding carboxylic acids is 1. The summed E-state index contributed by atoms with van der Waals surface area (Å²) in [5.41, 5.74) is 0.597. The number of rotatable bonds is 7. The highest BCUT2D eigenvalue weighted by Crippen LogP contribution is 2.24. The van der Waals surface area contributed by atoms with E-state index >= 15 is 0 Å². The van der Waals surface area contributed by atoms with Gasteiger partial charge in [0.25, 0.3) is 0 Å². The lowest BCUT2D eigenvalue weighted by Gasteiger charge is -2.06. The Morgan fingerprint density at radius 2 is 2.25 bits per heavy atom. The van der Waals surface area contributed by atoms with Gasteiger partial charge in [0.1, 0.15) is 5.75 Å². The van der Waals surface area contributed by atoms with Crippen LogP contribution in [0.4, 0.5) is 0 Å². The number of hydrogen-bond acceptors (Lipinski definition) is 4. The van der Waals surface area contributed by atoms with Gasteiger partial charge in [-0.1, -0.05) is 17.7 Å². The van der Waals surface area contributed by atoms with E-state index in [-0.39, 0.29) is 5.78 Å². The molecule has 1 N–H and O–H groups in total. The molecule has 0 saturated heterocycles. The quantitative estimate of drug-likeness (QED) is 0.629. The van der Waals surface area contributed by atoms with Crippen molar-refractivity contribution in [1.82, 2.24) is 5.32 Å². The van der Waals surface area contributed by atoms with Crippen LogP contribution in [-0.2, 0) is 6.42 Å². The van der Waals surface area contributed by atoms with E-state index in [9.17, 15) is 4.79 Å². The molecule has 0 radical (unpaired) electrons. The molecule has 106 valence electrons. The van der Waals surface area contributed by atoms with Crippen molar-refractivity contribution in [2.24, 2.45) is 0 Å². The smallest absolute Gasteiger partial charge is 0.176 e. The lowest BCUT2D eigenvalue weighted by atomic mass is 10.1. The van der Waals surface area contributed by atoms with Gasteiger partial charge in [0.05, 0.1) is 18.7 Å². The molecule has 2 rings (SSSR count). The first-order valence-electron chi connectivity index (χ1n) is 6.30. The van der Waals surface area contributed by atoms with E-state index in [4.69, 9.17) is 16.3 Å². The molecule has 2 aromatic rings. The molecule has 0 aliphatic rings. The van der Waals surface area contributed by atoms with Gasteiger partial charge in [-0.05, 0) is 36.1 Å². The maximum atomic E-state index is 12.0. The molecule has 20 heavy (non-hydrogen) atoms. The van der Waals surface area contributed by atoms with Crippen molar-refractivity contribution < 1.29 is 9.53 Å². The first-order chi connectivity index (χ1) is 9.70. The van der Waals surface area contributed by atoms with Crippen LogP contribution in [0.1, 0.15) is 15.2 Å². The van der Waals surface area contributed by atoms with Crippen LogP contribution in [0.5, 0.6) is 5.75 Å². The Labute approximate surface area is 127 Å². The van der Waals surface area contributed by atoms with Crippen LogP contribution in [0.25, 0.3) is 0 Å². The number of halogens is 1. The maximum Gasteiger partial charge on any atom is 0.176 e. The van der Waals surface area contributed by atoms with Gasteiger partial charge in [-0.2, -0.15) is 0 Å². The molecule has 5 heteroatoms. The summed E-state index contributed by atoms with van der Waals surface area (Å²) in [5.74, 6) is 0.606. The van der Waals surface area contributed by atoms with E-state index in [1.165, 1.54) is 4.88 Å². The Bertz CT molecular complexity index is 569. The summed E-state index contributed by atoms with van der Waals surface area (Å²) in [5, 5.41) is 5.66. The van der Waals surface area contributed by atoms with E-state index in [2.05, 4.69) is 16.8 Å². The standard InChI is InChI=1S/C15H16ClNO2S/c1-19-15-5-4-11(9-13(15)16)14(18)10-17-7-6-12-3-2-8-20-12/h2-5,8-9,17H,6-7,10H2,1H3. The number of thiophene rings is 1. The zero-order valence-corrected chi connectivity index (χ0v) is 12.8. The van der Waals surface area contributed by atoms with E-state index < -0.39 is 0 Å². The molecule has 0 aliphatic heterocycles. The van der Waals surface area contributed by atoms with E-state index in [1.807, 2.05) is 6.07 Å². The summed E-state index contributed by atoms with van der Waals surface area (Å²) in [6.45, 7) is 1.10. The fourth-order valence-corrected chi connectivity index (χ4v) is 2.78. The van der Waals surface area contributed by atoms with Crippen LogP contribution in [0.2, 0.25) is 5.02 Å². The average Bonchev–Trinajstić information content (AvgIpc) is 2.96. The zero-order chi connectivity index (χ0) is 14.4. The third-order valence-electron chi connectivity index (χ3n) is 2.89. The van der Waals surface area contributed by atoms with E-state index in [1.54, 1.807) is 36.6 Å². The van der Waals surface area contributed by atoms with Crippen molar-refractivity contribution in [2.75, 3.05) is 20.2 Å². The number of hydrogen-bond donors (Lipinski definition) is 1. The Hall–Kier alpha value is -1.36. The lowest BCUT2D eigenvalue weighted by Crippen LogP contribution is -2.25. The van der Waals surface area contributed by atoms with Crippen LogP contribution < -0.4 is 10.1 Å². The molecule has 1 aromatic carbocycles. The van der Waals surface area contributed by atoms with Crippen molar-refractivity contribution >= 4 is 28.7 Å². The topological polar surface area (TPSA) is 38.3 Å². The minimum absolute atomic E-state index is 0.0285. The number of methoxy groups -OCH3 is 1. The van der Waals surface area contributed by atoms with Crippen LogP contribution in [0.3, 0.4) is 0 Å². The van der Waals surface area contributed by atoms with Gasteiger partial charge in [0.15, 0.2) is 5.78 Å². The van der Waals surface area contributed by atoms with Crippen LogP contribution in [0, 0.1) is 0 Å².